The number of halogens is 2. The molecule has 11 heteroatoms. The molecule has 1 unspecified atom stereocenters. The van der Waals surface area contributed by atoms with Crippen molar-refractivity contribution in [1.82, 2.24) is 9.55 Å². The predicted octanol–water partition coefficient (Wildman–Crippen LogP) is 7.48. The summed E-state index contributed by atoms with van der Waals surface area (Å²) < 4.78 is 33.9. The van der Waals surface area contributed by atoms with Crippen LogP contribution in [0.1, 0.15) is 41.1 Å². The fourth-order valence-corrected chi connectivity index (χ4v) is 6.52. The van der Waals surface area contributed by atoms with Crippen molar-refractivity contribution in [3.05, 3.63) is 111 Å². The summed E-state index contributed by atoms with van der Waals surface area (Å²) in [6.07, 6.45) is 10.2. The normalized spacial score (nSPS) is 16.5. The highest BCUT2D eigenvalue weighted by Gasteiger charge is 2.27. The van der Waals surface area contributed by atoms with Gasteiger partial charge in [-0.3, -0.25) is 9.59 Å². The van der Waals surface area contributed by atoms with Crippen molar-refractivity contribution in [3.8, 4) is 33.8 Å². The zero-order valence-electron chi connectivity index (χ0n) is 26.7. The summed E-state index contributed by atoms with van der Waals surface area (Å²) in [7, 11) is 3.17. The second kappa shape index (κ2) is 14.6. The SMILES string of the molecule is COc1ccc(-c2cnc(N)c(-c3ccc(NC(=O)c4cn(CC5CCOCC5)cc(C5CC=C(Br)C=C5F)c4=O)cc3)c2)cc1OC. The lowest BCUT2D eigenvalue weighted by Crippen LogP contribution is -2.29. The van der Waals surface area contributed by atoms with E-state index in [2.05, 4.69) is 26.2 Å². The molecule has 1 aliphatic heterocycles. The Morgan fingerprint density at radius 2 is 1.77 bits per heavy atom. The number of nitrogens with zero attached hydrogens (tertiary/aromatic N) is 2. The van der Waals surface area contributed by atoms with Gasteiger partial charge in [0, 0.05) is 71.1 Å². The molecule has 1 saturated heterocycles. The van der Waals surface area contributed by atoms with Gasteiger partial charge in [0.25, 0.3) is 5.91 Å². The highest BCUT2D eigenvalue weighted by molar-refractivity contribution is 9.11. The van der Waals surface area contributed by atoms with Crippen LogP contribution in [0.4, 0.5) is 15.9 Å². The van der Waals surface area contributed by atoms with Gasteiger partial charge in [0.05, 0.1) is 14.2 Å². The summed E-state index contributed by atoms with van der Waals surface area (Å²) in [6.45, 7) is 1.94. The molecule has 4 aromatic rings. The zero-order chi connectivity index (χ0) is 33.8. The summed E-state index contributed by atoms with van der Waals surface area (Å²) in [5.74, 6) is 0.144. The van der Waals surface area contributed by atoms with Crippen molar-refractivity contribution in [3.63, 3.8) is 0 Å². The zero-order valence-corrected chi connectivity index (χ0v) is 28.3. The number of hydrogen-bond donors (Lipinski definition) is 2. The topological polar surface area (TPSA) is 118 Å². The molecule has 0 saturated carbocycles. The lowest BCUT2D eigenvalue weighted by Gasteiger charge is -2.25. The van der Waals surface area contributed by atoms with Crippen molar-refractivity contribution in [1.29, 1.82) is 0 Å². The van der Waals surface area contributed by atoms with Crippen molar-refractivity contribution in [2.75, 3.05) is 38.5 Å². The minimum absolute atomic E-state index is 0.0406. The van der Waals surface area contributed by atoms with Crippen molar-refractivity contribution in [2.24, 2.45) is 5.92 Å². The van der Waals surface area contributed by atoms with E-state index in [1.54, 1.807) is 44.9 Å². The Labute approximate surface area is 286 Å². The van der Waals surface area contributed by atoms with E-state index in [9.17, 15) is 9.59 Å². The second-order valence-electron chi connectivity index (χ2n) is 11.9. The van der Waals surface area contributed by atoms with E-state index in [0.717, 1.165) is 29.5 Å². The minimum Gasteiger partial charge on any atom is -0.493 e. The standard InChI is InChI=1S/C37H36BrFN4O5/c1-46-33-10-5-24(16-34(33)47-2)25-15-29(36(40)41-18-25)23-3-7-27(8-4-23)42-37(45)31-21-43(19-22-11-13-48-14-12-22)20-30(35(31)44)28-9-6-26(38)17-32(28)39/h3-8,10,15-18,20-22,28H,9,11-14,19H2,1-2H3,(H2,40,41)(H,42,45). The van der Waals surface area contributed by atoms with Gasteiger partial charge in [-0.15, -0.1) is 0 Å². The summed E-state index contributed by atoms with van der Waals surface area (Å²) in [4.78, 5) is 31.8. The third-order valence-electron chi connectivity index (χ3n) is 8.78. The fraction of sp³-hybridized carbons (Fsp3) is 0.270. The molecule has 2 aromatic heterocycles. The van der Waals surface area contributed by atoms with Crippen LogP contribution in [0.2, 0.25) is 0 Å². The first kappa shape index (κ1) is 33.2. The van der Waals surface area contributed by atoms with Gasteiger partial charge in [-0.2, -0.15) is 0 Å². The maximum Gasteiger partial charge on any atom is 0.261 e. The molecule has 3 heterocycles. The van der Waals surface area contributed by atoms with Crippen molar-refractivity contribution >= 4 is 33.3 Å². The van der Waals surface area contributed by atoms with E-state index >= 15 is 4.39 Å². The van der Waals surface area contributed by atoms with E-state index in [-0.39, 0.29) is 11.1 Å². The summed E-state index contributed by atoms with van der Waals surface area (Å²) in [6, 6.07) is 14.7. The van der Waals surface area contributed by atoms with Gasteiger partial charge in [-0.1, -0.05) is 40.2 Å². The number of anilines is 2. The molecule has 48 heavy (non-hydrogen) atoms. The molecule has 0 radical (unpaired) electrons. The minimum atomic E-state index is -0.763. The van der Waals surface area contributed by atoms with E-state index in [4.69, 9.17) is 19.9 Å². The van der Waals surface area contributed by atoms with E-state index in [0.29, 0.717) is 65.1 Å². The second-order valence-corrected chi connectivity index (χ2v) is 12.8. The third kappa shape index (κ3) is 7.22. The van der Waals surface area contributed by atoms with Crippen LogP contribution < -0.4 is 26.0 Å². The van der Waals surface area contributed by atoms with Crippen LogP contribution in [0.15, 0.2) is 94.4 Å². The van der Waals surface area contributed by atoms with Crippen LogP contribution >= 0.6 is 15.9 Å². The molecule has 3 N–H and O–H groups in total. The fourth-order valence-electron chi connectivity index (χ4n) is 6.12. The summed E-state index contributed by atoms with van der Waals surface area (Å²) in [5, 5.41) is 2.86. The molecular weight excluding hydrogens is 679 g/mol. The van der Waals surface area contributed by atoms with Crippen LogP contribution in [0, 0.1) is 5.92 Å². The quantitative estimate of drug-likeness (QED) is 0.185. The molecule has 2 aromatic carbocycles. The monoisotopic (exact) mass is 714 g/mol. The summed E-state index contributed by atoms with van der Waals surface area (Å²) in [5.41, 5.74) is 9.72. The Morgan fingerprint density at radius 1 is 1.04 bits per heavy atom. The van der Waals surface area contributed by atoms with Crippen molar-refractivity contribution < 1.29 is 23.4 Å². The Morgan fingerprint density at radius 3 is 2.48 bits per heavy atom. The number of ether oxygens (including phenoxy) is 3. The number of nitrogens with one attached hydrogen (secondary N) is 1. The van der Waals surface area contributed by atoms with Gasteiger partial charge in [0.15, 0.2) is 16.9 Å². The number of amides is 1. The molecule has 1 amide bonds. The summed E-state index contributed by atoms with van der Waals surface area (Å²) >= 11 is 3.32. The number of carbonyl (C=O) groups is 1. The molecule has 0 spiro atoms. The van der Waals surface area contributed by atoms with E-state index < -0.39 is 23.1 Å². The lowest BCUT2D eigenvalue weighted by atomic mass is 9.91. The Bertz CT molecular complexity index is 1950. The number of rotatable bonds is 9. The van der Waals surface area contributed by atoms with Crippen LogP contribution in [0.5, 0.6) is 11.5 Å². The maximum atomic E-state index is 15.1. The average molecular weight is 716 g/mol. The maximum absolute atomic E-state index is 15.1. The molecule has 1 aliphatic carbocycles. The number of carbonyl (C=O) groups excluding carboxylic acids is 1. The molecule has 1 atom stereocenters. The number of nitrogen functional groups attached to an aromatic ring is 1. The van der Waals surface area contributed by atoms with Crippen LogP contribution in [-0.2, 0) is 11.3 Å². The number of nitrogens with two attached hydrogens (primary N) is 1. The van der Waals surface area contributed by atoms with Gasteiger partial charge in [0.1, 0.15) is 17.2 Å². The largest absolute Gasteiger partial charge is 0.493 e. The Kier molecular flexibility index (Phi) is 10.1. The Hall–Kier alpha value is -4.74. The smallest absolute Gasteiger partial charge is 0.261 e. The number of methoxy groups -OCH3 is 2. The number of benzene rings is 2. The van der Waals surface area contributed by atoms with E-state index in [1.807, 2.05) is 47.0 Å². The lowest BCUT2D eigenvalue weighted by molar-refractivity contribution is 0.0611. The highest BCUT2D eigenvalue weighted by Crippen LogP contribution is 2.36. The number of pyridine rings is 2. The van der Waals surface area contributed by atoms with Gasteiger partial charge in [-0.25, -0.2) is 9.37 Å². The number of hydrogen-bond acceptors (Lipinski definition) is 7. The molecule has 6 rings (SSSR count). The van der Waals surface area contributed by atoms with Crippen LogP contribution in [-0.4, -0.2) is 42.9 Å². The first-order valence-electron chi connectivity index (χ1n) is 15.7. The Balaban J connectivity index is 1.26. The average Bonchev–Trinajstić information content (AvgIpc) is 3.10. The highest BCUT2D eigenvalue weighted by atomic mass is 79.9. The van der Waals surface area contributed by atoms with E-state index in [1.165, 1.54) is 6.08 Å². The number of allylic oxidation sites excluding steroid dienone is 4. The molecule has 2 aliphatic rings. The van der Waals surface area contributed by atoms with Crippen molar-refractivity contribution in [2.45, 2.75) is 31.7 Å². The first-order chi connectivity index (χ1) is 23.2. The van der Waals surface area contributed by atoms with Gasteiger partial charge < -0.3 is 29.8 Å². The predicted molar refractivity (Wildman–Crippen MR) is 188 cm³/mol. The van der Waals surface area contributed by atoms with Gasteiger partial charge >= 0.3 is 0 Å². The molecule has 0 bridgehead atoms. The van der Waals surface area contributed by atoms with Gasteiger partial charge in [-0.05, 0) is 72.7 Å². The molecule has 1 fully saturated rings. The van der Waals surface area contributed by atoms with Gasteiger partial charge in [0.2, 0.25) is 0 Å². The van der Waals surface area contributed by atoms with Crippen LogP contribution in [0.3, 0.4) is 0 Å². The first-order valence-corrected chi connectivity index (χ1v) is 16.5. The molecular formula is C37H36BrFN4O5. The molecule has 9 nitrogen and oxygen atoms in total. The third-order valence-corrected chi connectivity index (χ3v) is 9.34. The number of aromatic nitrogens is 2. The van der Waals surface area contributed by atoms with Crippen LogP contribution in [0.25, 0.3) is 22.3 Å². The molecule has 248 valence electrons.